The lowest BCUT2D eigenvalue weighted by molar-refractivity contribution is -0.239. The molecule has 0 N–H and O–H groups in total. The molecular weight excluding hydrogens is 394 g/mol. The Balaban J connectivity index is 1.31. The van der Waals surface area contributed by atoms with Crippen molar-refractivity contribution in [2.75, 3.05) is 13.2 Å². The lowest BCUT2D eigenvalue weighted by Gasteiger charge is -2.37. The molecule has 1 heterocycles. The Bertz CT molecular complexity index is 725. The van der Waals surface area contributed by atoms with E-state index in [1.807, 2.05) is 19.1 Å². The van der Waals surface area contributed by atoms with Crippen molar-refractivity contribution in [2.45, 2.75) is 89.0 Å². The molecule has 0 aromatic heterocycles. The van der Waals surface area contributed by atoms with Crippen LogP contribution < -0.4 is 0 Å². The van der Waals surface area contributed by atoms with Gasteiger partial charge in [0, 0.05) is 5.56 Å². The lowest BCUT2D eigenvalue weighted by Crippen LogP contribution is -2.41. The number of alkyl halides is 1. The van der Waals surface area contributed by atoms with Gasteiger partial charge in [0.1, 0.15) is 5.82 Å². The van der Waals surface area contributed by atoms with E-state index in [1.54, 1.807) is 0 Å². The first-order valence-electron chi connectivity index (χ1n) is 12.4. The van der Waals surface area contributed by atoms with E-state index in [0.29, 0.717) is 23.8 Å². The predicted molar refractivity (Wildman–Crippen MR) is 120 cm³/mol. The maximum absolute atomic E-state index is 15.0. The summed E-state index contributed by atoms with van der Waals surface area (Å²) < 4.78 is 40.7. The minimum absolute atomic E-state index is 0.00754. The number of halogens is 2. The number of hydrogen-bond acceptors (Lipinski definition) is 2. The number of rotatable bonds is 6. The summed E-state index contributed by atoms with van der Waals surface area (Å²) in [5.74, 6) is 2.49. The maximum Gasteiger partial charge on any atom is 0.184 e. The van der Waals surface area contributed by atoms with Crippen LogP contribution in [0.3, 0.4) is 0 Å². The van der Waals surface area contributed by atoms with Gasteiger partial charge in [-0.1, -0.05) is 31.6 Å². The molecule has 172 valence electrons. The van der Waals surface area contributed by atoms with Gasteiger partial charge in [-0.25, -0.2) is 8.78 Å². The number of allylic oxidation sites excluding steroid dienone is 1. The molecule has 1 aromatic carbocycles. The van der Waals surface area contributed by atoms with Gasteiger partial charge < -0.3 is 9.47 Å². The van der Waals surface area contributed by atoms with Crippen molar-refractivity contribution in [2.24, 2.45) is 17.8 Å². The fourth-order valence-electron chi connectivity index (χ4n) is 6.10. The van der Waals surface area contributed by atoms with Gasteiger partial charge in [-0.15, -0.1) is 6.58 Å². The third kappa shape index (κ3) is 5.39. The summed E-state index contributed by atoms with van der Waals surface area (Å²) in [5.41, 5.74) is 0.0412. The average molecular weight is 433 g/mol. The molecule has 0 atom stereocenters. The Morgan fingerprint density at radius 2 is 1.61 bits per heavy atom. The number of benzene rings is 1. The van der Waals surface area contributed by atoms with E-state index >= 15 is 4.39 Å². The van der Waals surface area contributed by atoms with E-state index in [9.17, 15) is 4.39 Å². The third-order valence-electron chi connectivity index (χ3n) is 8.01. The molecule has 1 aliphatic heterocycles. The molecule has 1 saturated heterocycles. The van der Waals surface area contributed by atoms with Crippen LogP contribution in [0.25, 0.3) is 0 Å². The summed E-state index contributed by atoms with van der Waals surface area (Å²) in [6.07, 6.45) is 12.4. The van der Waals surface area contributed by atoms with Crippen LogP contribution in [0.5, 0.6) is 0 Å². The molecule has 2 nitrogen and oxygen atoms in total. The summed E-state index contributed by atoms with van der Waals surface area (Å²) in [5, 5.41) is 0. The number of hydrogen-bond donors (Lipinski definition) is 0. The highest BCUT2D eigenvalue weighted by Gasteiger charge is 2.37. The minimum atomic E-state index is -1.42. The topological polar surface area (TPSA) is 18.5 Å². The first-order chi connectivity index (χ1) is 15.0. The summed E-state index contributed by atoms with van der Waals surface area (Å²) in [6.45, 7) is 5.92. The molecule has 1 aromatic rings. The zero-order chi connectivity index (χ0) is 21.8. The minimum Gasteiger partial charge on any atom is -0.345 e. The molecule has 0 unspecified atom stereocenters. The first-order valence-corrected chi connectivity index (χ1v) is 12.4. The second-order valence-electron chi connectivity index (χ2n) is 10.2. The molecule has 4 heteroatoms. The Kier molecular flexibility index (Phi) is 7.48. The Hall–Kier alpha value is -1.26. The predicted octanol–water partition coefficient (Wildman–Crippen LogP) is 7.65. The second-order valence-corrected chi connectivity index (χ2v) is 10.2. The van der Waals surface area contributed by atoms with Crippen molar-refractivity contribution in [3.05, 3.63) is 47.8 Å². The highest BCUT2D eigenvalue weighted by molar-refractivity contribution is 5.28. The molecule has 2 saturated carbocycles. The van der Waals surface area contributed by atoms with Crippen molar-refractivity contribution in [3.63, 3.8) is 0 Å². The van der Waals surface area contributed by atoms with Gasteiger partial charge >= 0.3 is 0 Å². The van der Waals surface area contributed by atoms with Gasteiger partial charge in [0.25, 0.3) is 0 Å². The molecule has 4 rings (SSSR count). The lowest BCUT2D eigenvalue weighted by atomic mass is 9.68. The summed E-state index contributed by atoms with van der Waals surface area (Å²) in [7, 11) is 0. The molecule has 2 aliphatic carbocycles. The van der Waals surface area contributed by atoms with E-state index in [-0.39, 0.29) is 19.0 Å². The molecule has 0 radical (unpaired) electrons. The molecular formula is C27H38F2O2. The van der Waals surface area contributed by atoms with E-state index < -0.39 is 12.0 Å². The third-order valence-corrected chi connectivity index (χ3v) is 8.01. The Morgan fingerprint density at radius 1 is 1.00 bits per heavy atom. The van der Waals surface area contributed by atoms with Gasteiger partial charge in [-0.3, -0.25) is 0 Å². The van der Waals surface area contributed by atoms with Gasteiger partial charge in [0.2, 0.25) is 0 Å². The standard InChI is InChI=1S/C27H38F2O2/c1-3-15-27(29)17-30-26(31-18-27)23-13-14-24(25(28)16-23)22-11-9-21(10-12-22)20-7-5-19(4-2)6-8-20/h4,13-14,16,19-22,26H,2-3,5-12,15,17-18H2,1H3. The SMILES string of the molecule is C=CC1CCC(C2CCC(c3ccc(C4OCC(F)(CCC)CO4)cc3F)CC2)CC1. The van der Waals surface area contributed by atoms with E-state index in [0.717, 1.165) is 36.7 Å². The molecule has 0 bridgehead atoms. The Labute approximate surface area is 186 Å². The van der Waals surface area contributed by atoms with Crippen LogP contribution in [0, 0.1) is 23.6 Å². The highest BCUT2D eigenvalue weighted by Crippen LogP contribution is 2.44. The summed E-state index contributed by atoms with van der Waals surface area (Å²) in [6, 6.07) is 5.34. The largest absolute Gasteiger partial charge is 0.345 e. The van der Waals surface area contributed by atoms with Crippen LogP contribution in [-0.4, -0.2) is 18.9 Å². The van der Waals surface area contributed by atoms with Crippen LogP contribution >= 0.6 is 0 Å². The molecule has 31 heavy (non-hydrogen) atoms. The smallest absolute Gasteiger partial charge is 0.184 e. The summed E-state index contributed by atoms with van der Waals surface area (Å²) in [4.78, 5) is 0. The molecule has 3 fully saturated rings. The van der Waals surface area contributed by atoms with E-state index in [1.165, 1.54) is 44.6 Å². The molecule has 0 amide bonds. The molecule has 3 aliphatic rings. The normalized spacial score (nSPS) is 36.8. The fourth-order valence-corrected chi connectivity index (χ4v) is 6.10. The van der Waals surface area contributed by atoms with Gasteiger partial charge in [-0.05, 0) is 93.1 Å². The van der Waals surface area contributed by atoms with Gasteiger partial charge in [0.15, 0.2) is 12.0 Å². The fraction of sp³-hybridized carbons (Fsp3) is 0.704. The molecule has 0 spiro atoms. The van der Waals surface area contributed by atoms with Crippen molar-refractivity contribution < 1.29 is 18.3 Å². The van der Waals surface area contributed by atoms with Crippen LogP contribution in [-0.2, 0) is 9.47 Å². The van der Waals surface area contributed by atoms with Crippen molar-refractivity contribution in [3.8, 4) is 0 Å². The Morgan fingerprint density at radius 3 is 2.16 bits per heavy atom. The van der Waals surface area contributed by atoms with Crippen LogP contribution in [0.2, 0.25) is 0 Å². The second kappa shape index (κ2) is 10.1. The highest BCUT2D eigenvalue weighted by atomic mass is 19.1. The van der Waals surface area contributed by atoms with Crippen LogP contribution in [0.15, 0.2) is 30.9 Å². The number of ether oxygens (including phenoxy) is 2. The van der Waals surface area contributed by atoms with Crippen LogP contribution in [0.1, 0.15) is 94.5 Å². The zero-order valence-electron chi connectivity index (χ0n) is 19.0. The van der Waals surface area contributed by atoms with Crippen molar-refractivity contribution in [1.29, 1.82) is 0 Å². The first kappa shape index (κ1) is 22.9. The van der Waals surface area contributed by atoms with E-state index in [2.05, 4.69) is 12.7 Å². The van der Waals surface area contributed by atoms with Crippen LogP contribution in [0.4, 0.5) is 8.78 Å². The van der Waals surface area contributed by atoms with Crippen molar-refractivity contribution >= 4 is 0 Å². The average Bonchev–Trinajstić information content (AvgIpc) is 2.80. The van der Waals surface area contributed by atoms with E-state index in [4.69, 9.17) is 9.47 Å². The summed E-state index contributed by atoms with van der Waals surface area (Å²) >= 11 is 0. The van der Waals surface area contributed by atoms with Gasteiger partial charge in [-0.2, -0.15) is 0 Å². The quantitative estimate of drug-likeness (QED) is 0.430. The zero-order valence-corrected chi connectivity index (χ0v) is 19.0. The van der Waals surface area contributed by atoms with Crippen molar-refractivity contribution in [1.82, 2.24) is 0 Å². The van der Waals surface area contributed by atoms with Gasteiger partial charge in [0.05, 0.1) is 13.2 Å². The monoisotopic (exact) mass is 432 g/mol. The maximum atomic E-state index is 15.0.